The number of aliphatic hydroxyl groups excluding tert-OH is 2. The summed E-state index contributed by atoms with van der Waals surface area (Å²) in [6, 6.07) is 10.1. The fourth-order valence-corrected chi connectivity index (χ4v) is 4.29. The molecule has 3 aliphatic rings. The fraction of sp³-hybridized carbons (Fsp3) is 0.583. The summed E-state index contributed by atoms with van der Waals surface area (Å²) in [5.41, 5.74) is 1.19. The first-order valence-electron chi connectivity index (χ1n) is 10.9. The van der Waals surface area contributed by atoms with Gasteiger partial charge in [-0.25, -0.2) is 0 Å². The van der Waals surface area contributed by atoms with E-state index in [2.05, 4.69) is 19.1 Å². The number of rotatable bonds is 6. The Hall–Kier alpha value is -1.90. The Labute approximate surface area is 183 Å². The summed E-state index contributed by atoms with van der Waals surface area (Å²) in [4.78, 5) is 0. The first-order chi connectivity index (χ1) is 15.0. The number of benzene rings is 1. The molecular weight excluding hydrogens is 400 g/mol. The molecule has 0 aromatic heterocycles. The van der Waals surface area contributed by atoms with Crippen LogP contribution in [-0.4, -0.2) is 60.9 Å². The van der Waals surface area contributed by atoms with Crippen LogP contribution < -0.4 is 0 Å². The lowest BCUT2D eigenvalue weighted by Gasteiger charge is -2.47. The third-order valence-corrected chi connectivity index (χ3v) is 6.07. The van der Waals surface area contributed by atoms with Crippen molar-refractivity contribution in [3.8, 4) is 0 Å². The van der Waals surface area contributed by atoms with Crippen LogP contribution in [0.2, 0.25) is 0 Å². The first-order valence-corrected chi connectivity index (χ1v) is 10.9. The highest BCUT2D eigenvalue weighted by Gasteiger charge is 2.50. The standard InChI is InChI=1S/C24H32O7/c1-14-9-10-17(18(11-14)27-3)29-24-21(26)20(25)22-19(30-24)13-28-23(31-22)15(2)12-16-7-5-4-6-8-16/h4-10,14-15,19-26H,11-13H2,1-3H3. The summed E-state index contributed by atoms with van der Waals surface area (Å²) in [5, 5.41) is 21.4. The van der Waals surface area contributed by atoms with Gasteiger partial charge in [0.15, 0.2) is 12.0 Å². The smallest absolute Gasteiger partial charge is 0.229 e. The number of aliphatic hydroxyl groups is 2. The Morgan fingerprint density at radius 2 is 1.90 bits per heavy atom. The molecule has 7 heteroatoms. The molecular formula is C24H32O7. The number of allylic oxidation sites excluding steroid dienone is 3. The van der Waals surface area contributed by atoms with Crippen molar-refractivity contribution in [2.75, 3.05) is 13.7 Å². The van der Waals surface area contributed by atoms with E-state index in [0.717, 1.165) is 6.42 Å². The van der Waals surface area contributed by atoms with Gasteiger partial charge in [0.2, 0.25) is 6.29 Å². The van der Waals surface area contributed by atoms with E-state index in [1.807, 2.05) is 37.3 Å². The molecule has 0 bridgehead atoms. The van der Waals surface area contributed by atoms with E-state index in [-0.39, 0.29) is 12.5 Å². The molecule has 2 fully saturated rings. The van der Waals surface area contributed by atoms with Crippen LogP contribution in [0.4, 0.5) is 0 Å². The second kappa shape index (κ2) is 9.71. The number of methoxy groups -OCH3 is 1. The van der Waals surface area contributed by atoms with Gasteiger partial charge >= 0.3 is 0 Å². The second-order valence-electron chi connectivity index (χ2n) is 8.64. The molecule has 170 valence electrons. The van der Waals surface area contributed by atoms with E-state index < -0.39 is 37.0 Å². The zero-order valence-corrected chi connectivity index (χ0v) is 18.2. The van der Waals surface area contributed by atoms with E-state index in [1.165, 1.54) is 5.56 Å². The number of ether oxygens (including phenoxy) is 5. The summed E-state index contributed by atoms with van der Waals surface area (Å²) >= 11 is 0. The minimum Gasteiger partial charge on any atom is -0.497 e. The van der Waals surface area contributed by atoms with Gasteiger partial charge in [-0.05, 0) is 24.0 Å². The number of hydrogen-bond donors (Lipinski definition) is 2. The van der Waals surface area contributed by atoms with Gasteiger partial charge in [-0.3, -0.25) is 0 Å². The molecule has 7 nitrogen and oxygen atoms in total. The minimum absolute atomic E-state index is 0.0745. The predicted molar refractivity (Wildman–Crippen MR) is 113 cm³/mol. The van der Waals surface area contributed by atoms with Crippen LogP contribution >= 0.6 is 0 Å². The Bertz CT molecular complexity index is 790. The minimum atomic E-state index is -1.26. The van der Waals surface area contributed by atoms with Crippen LogP contribution in [0.25, 0.3) is 0 Å². The van der Waals surface area contributed by atoms with Crippen LogP contribution in [0, 0.1) is 11.8 Å². The highest BCUT2D eigenvalue weighted by Crippen LogP contribution is 2.34. The van der Waals surface area contributed by atoms with Gasteiger partial charge in [0, 0.05) is 12.3 Å². The van der Waals surface area contributed by atoms with Crippen molar-refractivity contribution in [1.82, 2.24) is 0 Å². The lowest BCUT2D eigenvalue weighted by atomic mass is 9.95. The normalized spacial score (nSPS) is 36.6. The monoisotopic (exact) mass is 432 g/mol. The van der Waals surface area contributed by atoms with Crippen LogP contribution in [0.15, 0.2) is 54.0 Å². The molecule has 2 heterocycles. The summed E-state index contributed by atoms with van der Waals surface area (Å²) in [6.07, 6.45) is 0.134. The van der Waals surface area contributed by atoms with Gasteiger partial charge in [-0.2, -0.15) is 0 Å². The van der Waals surface area contributed by atoms with Crippen molar-refractivity contribution in [2.45, 2.75) is 63.7 Å². The third kappa shape index (κ3) is 4.96. The molecule has 1 aromatic rings. The molecule has 0 saturated carbocycles. The third-order valence-electron chi connectivity index (χ3n) is 6.07. The highest BCUT2D eigenvalue weighted by molar-refractivity contribution is 5.22. The van der Waals surface area contributed by atoms with Gasteiger partial charge in [0.05, 0.1) is 13.7 Å². The van der Waals surface area contributed by atoms with E-state index in [1.54, 1.807) is 7.11 Å². The Morgan fingerprint density at radius 1 is 1.13 bits per heavy atom. The molecule has 0 spiro atoms. The number of fused-ring (bicyclic) bond motifs is 1. The Balaban J connectivity index is 1.39. The molecule has 8 unspecified atom stereocenters. The molecule has 31 heavy (non-hydrogen) atoms. The van der Waals surface area contributed by atoms with Gasteiger partial charge in [-0.1, -0.05) is 50.3 Å². The zero-order valence-electron chi connectivity index (χ0n) is 18.2. The molecule has 2 N–H and O–H groups in total. The van der Waals surface area contributed by atoms with Crippen molar-refractivity contribution in [1.29, 1.82) is 0 Å². The van der Waals surface area contributed by atoms with Crippen LogP contribution in [0.3, 0.4) is 0 Å². The van der Waals surface area contributed by atoms with Crippen LogP contribution in [0.1, 0.15) is 25.8 Å². The molecule has 1 aromatic carbocycles. The van der Waals surface area contributed by atoms with E-state index >= 15 is 0 Å². The average molecular weight is 433 g/mol. The van der Waals surface area contributed by atoms with Gasteiger partial charge < -0.3 is 33.9 Å². The molecule has 0 radical (unpaired) electrons. The second-order valence-corrected chi connectivity index (χ2v) is 8.64. The Morgan fingerprint density at radius 3 is 2.65 bits per heavy atom. The van der Waals surface area contributed by atoms with Crippen LogP contribution in [0.5, 0.6) is 0 Å². The average Bonchev–Trinajstić information content (AvgIpc) is 2.78. The topological polar surface area (TPSA) is 86.6 Å². The maximum Gasteiger partial charge on any atom is 0.229 e. The van der Waals surface area contributed by atoms with E-state index in [4.69, 9.17) is 23.7 Å². The molecule has 2 saturated heterocycles. The van der Waals surface area contributed by atoms with Crippen molar-refractivity contribution >= 4 is 0 Å². The van der Waals surface area contributed by atoms with Gasteiger partial charge in [-0.15, -0.1) is 0 Å². The SMILES string of the molecule is COC1=C(OC2OC3COC(C(C)Cc4ccccc4)OC3C(O)C2O)C=CC(C)C1. The largest absolute Gasteiger partial charge is 0.497 e. The maximum absolute atomic E-state index is 10.8. The summed E-state index contributed by atoms with van der Waals surface area (Å²) in [5.74, 6) is 1.60. The summed E-state index contributed by atoms with van der Waals surface area (Å²) in [6.45, 7) is 4.38. The summed E-state index contributed by atoms with van der Waals surface area (Å²) < 4.78 is 29.2. The van der Waals surface area contributed by atoms with Gasteiger partial charge in [0.1, 0.15) is 30.2 Å². The maximum atomic E-state index is 10.8. The van der Waals surface area contributed by atoms with Gasteiger partial charge in [0.25, 0.3) is 0 Å². The molecule has 1 aliphatic carbocycles. The van der Waals surface area contributed by atoms with Crippen molar-refractivity contribution in [3.05, 3.63) is 59.6 Å². The lowest BCUT2D eigenvalue weighted by Crippen LogP contribution is -2.63. The quantitative estimate of drug-likeness (QED) is 0.714. The molecule has 2 aliphatic heterocycles. The molecule has 4 rings (SSSR count). The van der Waals surface area contributed by atoms with E-state index in [9.17, 15) is 10.2 Å². The fourth-order valence-electron chi connectivity index (χ4n) is 4.29. The van der Waals surface area contributed by atoms with Crippen molar-refractivity contribution in [3.63, 3.8) is 0 Å². The Kier molecular flexibility index (Phi) is 6.99. The van der Waals surface area contributed by atoms with Crippen LogP contribution in [-0.2, 0) is 30.1 Å². The molecule has 8 atom stereocenters. The highest BCUT2D eigenvalue weighted by atomic mass is 16.8. The van der Waals surface area contributed by atoms with Crippen molar-refractivity contribution < 1.29 is 33.9 Å². The van der Waals surface area contributed by atoms with Crippen molar-refractivity contribution in [2.24, 2.45) is 11.8 Å². The zero-order chi connectivity index (χ0) is 22.0. The van der Waals surface area contributed by atoms with E-state index in [0.29, 0.717) is 23.9 Å². The lowest BCUT2D eigenvalue weighted by molar-refractivity contribution is -0.360. The summed E-state index contributed by atoms with van der Waals surface area (Å²) in [7, 11) is 1.59. The predicted octanol–water partition coefficient (Wildman–Crippen LogP) is 2.52. The number of hydrogen-bond acceptors (Lipinski definition) is 7. The molecule has 0 amide bonds. The first kappa shape index (κ1) is 22.3.